The third kappa shape index (κ3) is 2.07. The maximum atomic E-state index is 8.64. The standard InChI is InChI=1S/C7H7O.Hg/c8-6-7-4-2-1-3-5-7;/h2-5,8H,6H2;. The van der Waals surface area contributed by atoms with E-state index >= 15 is 0 Å². The molecule has 1 aromatic carbocycles. The Morgan fingerprint density at radius 1 is 1.22 bits per heavy atom. The van der Waals surface area contributed by atoms with E-state index in [0.717, 1.165) is 31.7 Å². The van der Waals surface area contributed by atoms with Gasteiger partial charge in [0.15, 0.2) is 0 Å². The van der Waals surface area contributed by atoms with Crippen molar-refractivity contribution < 1.29 is 31.2 Å². The first-order valence-electron chi connectivity index (χ1n) is 2.84. The number of benzene rings is 1. The molecule has 2 heteroatoms. The third-order valence-electron chi connectivity index (χ3n) is 1.21. The van der Waals surface area contributed by atoms with Crippen LogP contribution in [0.1, 0.15) is 5.56 Å². The molecule has 0 amide bonds. The molecule has 0 atom stereocenters. The molecule has 0 saturated heterocycles. The number of rotatable bonds is 1. The van der Waals surface area contributed by atoms with Crippen LogP contribution in [0.5, 0.6) is 0 Å². The van der Waals surface area contributed by atoms with E-state index in [-0.39, 0.29) is 6.61 Å². The normalized spacial score (nSPS) is 9.67. The Bertz CT molecular complexity index is 181. The second kappa shape index (κ2) is 3.33. The van der Waals surface area contributed by atoms with Gasteiger partial charge in [0, 0.05) is 0 Å². The van der Waals surface area contributed by atoms with Crippen LogP contribution in [0.25, 0.3) is 0 Å². The van der Waals surface area contributed by atoms with Crippen LogP contribution < -0.4 is 3.07 Å². The molecule has 0 fully saturated rings. The number of aliphatic hydroxyl groups is 1. The minimum atomic E-state index is 0.161. The van der Waals surface area contributed by atoms with Crippen LogP contribution in [0, 0.1) is 0 Å². The first-order chi connectivity index (χ1) is 4.33. The van der Waals surface area contributed by atoms with Gasteiger partial charge < -0.3 is 0 Å². The van der Waals surface area contributed by atoms with Crippen LogP contribution >= 0.6 is 0 Å². The summed E-state index contributed by atoms with van der Waals surface area (Å²) in [5, 5.41) is 8.64. The van der Waals surface area contributed by atoms with Crippen molar-refractivity contribution in [3.8, 4) is 0 Å². The van der Waals surface area contributed by atoms with Crippen LogP contribution in [0.15, 0.2) is 24.3 Å². The van der Waals surface area contributed by atoms with Crippen LogP contribution in [0.4, 0.5) is 0 Å². The molecule has 0 aromatic heterocycles. The monoisotopic (exact) mass is 309 g/mol. The summed E-state index contributed by atoms with van der Waals surface area (Å²) in [4.78, 5) is 0. The molecule has 1 rings (SSSR count). The Balaban J connectivity index is 2.88. The summed E-state index contributed by atoms with van der Waals surface area (Å²) in [6, 6.07) is 8.11. The van der Waals surface area contributed by atoms with Gasteiger partial charge in [0.1, 0.15) is 0 Å². The van der Waals surface area contributed by atoms with Gasteiger partial charge in [-0.3, -0.25) is 0 Å². The maximum absolute atomic E-state index is 8.64. The number of hydrogen-bond acceptors (Lipinski definition) is 1. The second-order valence-electron chi connectivity index (χ2n) is 1.97. The molecule has 1 N–H and O–H groups in total. The topological polar surface area (TPSA) is 20.2 Å². The molecule has 0 unspecified atom stereocenters. The summed E-state index contributed by atoms with van der Waals surface area (Å²) in [6.45, 7) is 0.161. The fraction of sp³-hybridized carbons (Fsp3) is 0.143. The summed E-state index contributed by atoms with van der Waals surface area (Å²) in [6.07, 6.45) is 0. The van der Waals surface area contributed by atoms with E-state index in [9.17, 15) is 0 Å². The zero-order valence-corrected chi connectivity index (χ0v) is 10.7. The van der Waals surface area contributed by atoms with Gasteiger partial charge in [-0.1, -0.05) is 0 Å². The molecule has 0 spiro atoms. The fourth-order valence-electron chi connectivity index (χ4n) is 0.645. The van der Waals surface area contributed by atoms with Gasteiger partial charge in [0.2, 0.25) is 0 Å². The second-order valence-corrected chi connectivity index (χ2v) is 5.15. The molecule has 0 aliphatic carbocycles. The van der Waals surface area contributed by atoms with E-state index in [4.69, 9.17) is 5.11 Å². The summed E-state index contributed by atoms with van der Waals surface area (Å²) >= 11 is 0.718. The summed E-state index contributed by atoms with van der Waals surface area (Å²) in [5.41, 5.74) is 1.00. The Hall–Kier alpha value is 0.115. The number of aliphatic hydroxyl groups excluding tert-OH is 1. The van der Waals surface area contributed by atoms with Crippen molar-refractivity contribution in [1.82, 2.24) is 0 Å². The molecular formula is C7H7HgO. The third-order valence-corrected chi connectivity index (χ3v) is 3.04. The van der Waals surface area contributed by atoms with Crippen molar-refractivity contribution in [1.29, 1.82) is 0 Å². The summed E-state index contributed by atoms with van der Waals surface area (Å²) in [7, 11) is 0. The molecule has 0 saturated carbocycles. The molecule has 43 valence electrons. The summed E-state index contributed by atoms with van der Waals surface area (Å²) in [5.74, 6) is 0. The Kier molecular flexibility index (Phi) is 2.67. The van der Waals surface area contributed by atoms with Crippen molar-refractivity contribution in [3.05, 3.63) is 29.8 Å². The molecule has 0 heterocycles. The van der Waals surface area contributed by atoms with Crippen LogP contribution in [0.3, 0.4) is 0 Å². The fourth-order valence-corrected chi connectivity index (χ4v) is 1.56. The molecule has 1 aromatic rings. The van der Waals surface area contributed by atoms with Gasteiger partial charge >= 0.3 is 70.7 Å². The molecular weight excluding hydrogens is 301 g/mol. The van der Waals surface area contributed by atoms with Gasteiger partial charge in [-0.25, -0.2) is 0 Å². The van der Waals surface area contributed by atoms with Crippen LogP contribution in [0.2, 0.25) is 0 Å². The van der Waals surface area contributed by atoms with Gasteiger partial charge in [0.05, 0.1) is 0 Å². The average molecular weight is 308 g/mol. The summed E-state index contributed by atoms with van der Waals surface area (Å²) < 4.78 is 1.42. The SMILES string of the molecule is OCc1cc[c]([Hg])cc1. The van der Waals surface area contributed by atoms with Crippen molar-refractivity contribution in [3.63, 3.8) is 0 Å². The van der Waals surface area contributed by atoms with Crippen molar-refractivity contribution in [2.45, 2.75) is 6.61 Å². The van der Waals surface area contributed by atoms with Crippen LogP contribution in [-0.4, -0.2) is 5.11 Å². The Morgan fingerprint density at radius 2 is 1.78 bits per heavy atom. The van der Waals surface area contributed by atoms with Crippen LogP contribution in [-0.2, 0) is 32.7 Å². The molecule has 0 bridgehead atoms. The molecule has 9 heavy (non-hydrogen) atoms. The first kappa shape index (κ1) is 7.22. The minimum absolute atomic E-state index is 0.161. The van der Waals surface area contributed by atoms with E-state index in [2.05, 4.69) is 12.1 Å². The zero-order valence-electron chi connectivity index (χ0n) is 5.17. The first-order valence-corrected chi connectivity index (χ1v) is 5.59. The van der Waals surface area contributed by atoms with Crippen molar-refractivity contribution >= 4 is 3.07 Å². The van der Waals surface area contributed by atoms with Gasteiger partial charge in [-0.2, -0.15) is 0 Å². The van der Waals surface area contributed by atoms with Gasteiger partial charge in [-0.15, -0.1) is 0 Å². The Labute approximate surface area is 70.7 Å². The predicted molar refractivity (Wildman–Crippen MR) is 32.0 cm³/mol. The van der Waals surface area contributed by atoms with Gasteiger partial charge in [-0.05, 0) is 0 Å². The van der Waals surface area contributed by atoms with E-state index in [1.54, 1.807) is 0 Å². The van der Waals surface area contributed by atoms with Crippen molar-refractivity contribution in [2.75, 3.05) is 0 Å². The molecule has 0 radical (unpaired) electrons. The molecule has 1 nitrogen and oxygen atoms in total. The van der Waals surface area contributed by atoms with Crippen molar-refractivity contribution in [2.24, 2.45) is 0 Å². The van der Waals surface area contributed by atoms with E-state index in [0.29, 0.717) is 0 Å². The quantitative estimate of drug-likeness (QED) is 0.743. The van der Waals surface area contributed by atoms with E-state index in [1.807, 2.05) is 12.1 Å². The van der Waals surface area contributed by atoms with E-state index < -0.39 is 0 Å². The zero-order chi connectivity index (χ0) is 6.69. The van der Waals surface area contributed by atoms with Gasteiger partial charge in [0.25, 0.3) is 0 Å². The Morgan fingerprint density at radius 3 is 2.22 bits per heavy atom. The average Bonchev–Trinajstić information content (AvgIpc) is 1.90. The molecule has 0 aliphatic rings. The molecule has 0 aliphatic heterocycles. The number of hydrogen-bond donors (Lipinski definition) is 1. The predicted octanol–water partition coefficient (Wildman–Crippen LogP) is 0.351. The van der Waals surface area contributed by atoms with E-state index in [1.165, 1.54) is 3.07 Å².